The van der Waals surface area contributed by atoms with Gasteiger partial charge in [0.1, 0.15) is 0 Å². The van der Waals surface area contributed by atoms with Crippen LogP contribution < -0.4 is 5.32 Å². The molecule has 0 spiro atoms. The minimum Gasteiger partial charge on any atom is -0.394 e. The first-order chi connectivity index (χ1) is 9.84. The van der Waals surface area contributed by atoms with E-state index in [2.05, 4.69) is 34.6 Å². The molecule has 0 saturated carbocycles. The highest BCUT2D eigenvalue weighted by Gasteiger charge is 2.35. The summed E-state index contributed by atoms with van der Waals surface area (Å²) in [5, 5.41) is 13.6. The van der Waals surface area contributed by atoms with Gasteiger partial charge in [-0.3, -0.25) is 4.98 Å². The number of aliphatic hydroxyl groups is 1. The number of aliphatic hydroxyl groups excluding tert-OH is 1. The van der Waals surface area contributed by atoms with E-state index in [0.29, 0.717) is 0 Å². The lowest BCUT2D eigenvalue weighted by molar-refractivity contribution is 0.140. The molecule has 0 radical (unpaired) electrons. The normalized spacial score (nSPS) is 21.4. The van der Waals surface area contributed by atoms with Crippen molar-refractivity contribution < 1.29 is 5.11 Å². The molecule has 0 bridgehead atoms. The fourth-order valence-electron chi connectivity index (χ4n) is 3.10. The monoisotopic (exact) mass is 268 g/mol. The third-order valence-corrected chi connectivity index (χ3v) is 4.23. The van der Waals surface area contributed by atoms with Crippen LogP contribution in [0.3, 0.4) is 0 Å². The Balaban J connectivity index is 1.85. The van der Waals surface area contributed by atoms with Crippen molar-refractivity contribution in [1.29, 1.82) is 0 Å². The van der Waals surface area contributed by atoms with Crippen LogP contribution in [0.1, 0.15) is 29.5 Å². The highest BCUT2D eigenvalue weighted by molar-refractivity contribution is 5.36. The maximum atomic E-state index is 9.99. The fourth-order valence-corrected chi connectivity index (χ4v) is 3.10. The summed E-state index contributed by atoms with van der Waals surface area (Å²) in [4.78, 5) is 4.04. The van der Waals surface area contributed by atoms with E-state index >= 15 is 0 Å². The first-order valence-corrected chi connectivity index (χ1v) is 7.17. The largest absolute Gasteiger partial charge is 0.394 e. The lowest BCUT2D eigenvalue weighted by Gasteiger charge is -2.39. The van der Waals surface area contributed by atoms with Crippen LogP contribution in [0, 0.1) is 0 Å². The summed E-state index contributed by atoms with van der Waals surface area (Å²) in [6.45, 7) is 0.881. The number of fused-ring (bicyclic) bond motifs is 1. The lowest BCUT2D eigenvalue weighted by atomic mass is 9.77. The smallest absolute Gasteiger partial charge is 0.0674 e. The second-order valence-corrected chi connectivity index (χ2v) is 5.46. The highest BCUT2D eigenvalue weighted by Crippen LogP contribution is 2.35. The molecule has 1 aliphatic rings. The highest BCUT2D eigenvalue weighted by atomic mass is 16.3. The molecule has 0 amide bonds. The maximum absolute atomic E-state index is 9.99. The predicted molar refractivity (Wildman–Crippen MR) is 79.2 cm³/mol. The molecular formula is C17H20N2O. The van der Waals surface area contributed by atoms with E-state index in [1.54, 1.807) is 12.4 Å². The fraction of sp³-hybridized carbons (Fsp3) is 0.353. The van der Waals surface area contributed by atoms with Crippen LogP contribution in [0.15, 0.2) is 48.8 Å². The molecule has 1 unspecified atom stereocenters. The number of benzene rings is 1. The minimum absolute atomic E-state index is 0.134. The van der Waals surface area contributed by atoms with Crippen LogP contribution in [-0.2, 0) is 18.5 Å². The van der Waals surface area contributed by atoms with Gasteiger partial charge >= 0.3 is 0 Å². The summed E-state index contributed by atoms with van der Waals surface area (Å²) >= 11 is 0. The van der Waals surface area contributed by atoms with Crippen LogP contribution in [0.25, 0.3) is 0 Å². The van der Waals surface area contributed by atoms with E-state index in [1.165, 1.54) is 16.7 Å². The summed E-state index contributed by atoms with van der Waals surface area (Å²) in [5.74, 6) is 0. The topological polar surface area (TPSA) is 45.1 Å². The number of aryl methyl sites for hydroxylation is 1. The standard InChI is InChI=1S/C17H20N2O/c20-13-17(19-12-14-7-10-18-11-8-14)9-3-5-15-4-1-2-6-16(15)17/h1-2,4,6-8,10-11,19-20H,3,5,9,12-13H2. The second kappa shape index (κ2) is 5.73. The third kappa shape index (κ3) is 2.47. The molecule has 104 valence electrons. The quantitative estimate of drug-likeness (QED) is 0.895. The number of nitrogens with one attached hydrogen (secondary N) is 1. The predicted octanol–water partition coefficient (Wildman–Crippen LogP) is 2.40. The zero-order valence-corrected chi connectivity index (χ0v) is 11.5. The molecule has 20 heavy (non-hydrogen) atoms. The summed E-state index contributed by atoms with van der Waals surface area (Å²) in [5.41, 5.74) is 3.49. The Labute approximate surface area is 119 Å². The third-order valence-electron chi connectivity index (χ3n) is 4.23. The molecule has 1 aromatic carbocycles. The van der Waals surface area contributed by atoms with Crippen molar-refractivity contribution in [2.45, 2.75) is 31.3 Å². The van der Waals surface area contributed by atoms with Gasteiger partial charge in [0, 0.05) is 18.9 Å². The van der Waals surface area contributed by atoms with Gasteiger partial charge in [-0.2, -0.15) is 0 Å². The number of aromatic nitrogens is 1. The Kier molecular flexibility index (Phi) is 3.81. The van der Waals surface area contributed by atoms with Crippen LogP contribution in [-0.4, -0.2) is 16.7 Å². The van der Waals surface area contributed by atoms with Gasteiger partial charge in [-0.05, 0) is 48.1 Å². The van der Waals surface area contributed by atoms with Crippen LogP contribution in [0.4, 0.5) is 0 Å². The van der Waals surface area contributed by atoms with Gasteiger partial charge in [0.2, 0.25) is 0 Å². The Bertz CT molecular complexity index is 570. The van der Waals surface area contributed by atoms with E-state index in [0.717, 1.165) is 25.8 Å². The Morgan fingerprint density at radius 3 is 2.75 bits per heavy atom. The Morgan fingerprint density at radius 1 is 1.15 bits per heavy atom. The van der Waals surface area contributed by atoms with E-state index in [-0.39, 0.29) is 12.1 Å². The molecule has 3 rings (SSSR count). The van der Waals surface area contributed by atoms with Crippen molar-refractivity contribution in [3.8, 4) is 0 Å². The van der Waals surface area contributed by atoms with Crippen molar-refractivity contribution in [1.82, 2.24) is 10.3 Å². The van der Waals surface area contributed by atoms with E-state index in [4.69, 9.17) is 0 Å². The first-order valence-electron chi connectivity index (χ1n) is 7.17. The molecule has 1 aliphatic carbocycles. The van der Waals surface area contributed by atoms with E-state index in [9.17, 15) is 5.11 Å². The molecule has 1 heterocycles. The number of hydrogen-bond acceptors (Lipinski definition) is 3. The molecule has 2 aromatic rings. The summed E-state index contributed by atoms with van der Waals surface area (Å²) in [6.07, 6.45) is 6.80. The molecule has 0 saturated heterocycles. The molecule has 3 nitrogen and oxygen atoms in total. The van der Waals surface area contributed by atoms with Crippen molar-refractivity contribution >= 4 is 0 Å². The zero-order chi connectivity index (χ0) is 13.8. The molecule has 1 aromatic heterocycles. The van der Waals surface area contributed by atoms with Gasteiger partial charge in [0.05, 0.1) is 12.1 Å². The van der Waals surface area contributed by atoms with Gasteiger partial charge in [0.25, 0.3) is 0 Å². The number of nitrogens with zero attached hydrogens (tertiary/aromatic N) is 1. The SMILES string of the molecule is OCC1(NCc2ccncc2)CCCc2ccccc21. The van der Waals surface area contributed by atoms with Gasteiger partial charge in [0.15, 0.2) is 0 Å². The van der Waals surface area contributed by atoms with Crippen LogP contribution in [0.5, 0.6) is 0 Å². The van der Waals surface area contributed by atoms with E-state index < -0.39 is 0 Å². The van der Waals surface area contributed by atoms with Crippen molar-refractivity contribution in [2.75, 3.05) is 6.61 Å². The summed E-state index contributed by atoms with van der Waals surface area (Å²) < 4.78 is 0. The molecule has 0 aliphatic heterocycles. The van der Waals surface area contributed by atoms with Crippen molar-refractivity contribution in [2.24, 2.45) is 0 Å². The molecule has 3 heteroatoms. The Morgan fingerprint density at radius 2 is 1.95 bits per heavy atom. The summed E-state index contributed by atoms with van der Waals surface area (Å²) in [6, 6.07) is 12.5. The molecule has 0 fully saturated rings. The number of hydrogen-bond donors (Lipinski definition) is 2. The molecular weight excluding hydrogens is 248 g/mol. The average molecular weight is 268 g/mol. The molecule has 1 atom stereocenters. The van der Waals surface area contributed by atoms with Crippen molar-refractivity contribution in [3.63, 3.8) is 0 Å². The summed E-state index contributed by atoms with van der Waals surface area (Å²) in [7, 11) is 0. The van der Waals surface area contributed by atoms with Gasteiger partial charge in [-0.15, -0.1) is 0 Å². The van der Waals surface area contributed by atoms with Crippen LogP contribution in [0.2, 0.25) is 0 Å². The van der Waals surface area contributed by atoms with Gasteiger partial charge in [-0.25, -0.2) is 0 Å². The zero-order valence-electron chi connectivity index (χ0n) is 11.5. The molecule has 2 N–H and O–H groups in total. The Hall–Kier alpha value is -1.71. The first kappa shape index (κ1) is 13.3. The average Bonchev–Trinajstić information content (AvgIpc) is 2.54. The van der Waals surface area contributed by atoms with Crippen LogP contribution >= 0.6 is 0 Å². The van der Waals surface area contributed by atoms with Gasteiger partial charge < -0.3 is 10.4 Å². The maximum Gasteiger partial charge on any atom is 0.0674 e. The lowest BCUT2D eigenvalue weighted by Crippen LogP contribution is -2.47. The second-order valence-electron chi connectivity index (χ2n) is 5.46. The van der Waals surface area contributed by atoms with Crippen molar-refractivity contribution in [3.05, 3.63) is 65.5 Å². The minimum atomic E-state index is -0.307. The van der Waals surface area contributed by atoms with E-state index in [1.807, 2.05) is 12.1 Å². The van der Waals surface area contributed by atoms with Gasteiger partial charge in [-0.1, -0.05) is 24.3 Å². The number of rotatable bonds is 4. The number of pyridine rings is 1.